The van der Waals surface area contributed by atoms with Gasteiger partial charge in [-0.2, -0.15) is 0 Å². The first-order valence-corrected chi connectivity index (χ1v) is 13.8. The van der Waals surface area contributed by atoms with Crippen LogP contribution in [0.2, 0.25) is 5.02 Å². The molecule has 1 saturated heterocycles. The van der Waals surface area contributed by atoms with E-state index in [1.165, 1.54) is 4.90 Å². The van der Waals surface area contributed by atoms with Crippen molar-refractivity contribution in [1.29, 1.82) is 0 Å². The van der Waals surface area contributed by atoms with Crippen LogP contribution in [0, 0.1) is 0 Å². The molecule has 0 radical (unpaired) electrons. The van der Waals surface area contributed by atoms with Crippen molar-refractivity contribution in [3.05, 3.63) is 106 Å². The highest BCUT2D eigenvalue weighted by molar-refractivity contribution is 6.30. The number of hydrogen-bond donors (Lipinski definition) is 2. The Morgan fingerprint density at radius 2 is 1.71 bits per heavy atom. The Labute approximate surface area is 243 Å². The van der Waals surface area contributed by atoms with E-state index in [4.69, 9.17) is 25.8 Å². The van der Waals surface area contributed by atoms with Gasteiger partial charge in [0.25, 0.3) is 0 Å². The van der Waals surface area contributed by atoms with Gasteiger partial charge in [-0.3, -0.25) is 9.69 Å². The van der Waals surface area contributed by atoms with E-state index in [0.717, 1.165) is 28.3 Å². The van der Waals surface area contributed by atoms with Gasteiger partial charge in [-0.1, -0.05) is 54.1 Å². The molecule has 5 rings (SSSR count). The van der Waals surface area contributed by atoms with Crippen molar-refractivity contribution < 1.29 is 28.9 Å². The van der Waals surface area contributed by atoms with Crippen LogP contribution in [0.15, 0.2) is 90.3 Å². The summed E-state index contributed by atoms with van der Waals surface area (Å²) in [5, 5.41) is 13.8. The molecular formula is C31H32ClN3O6. The van der Waals surface area contributed by atoms with Crippen molar-refractivity contribution in [2.24, 2.45) is 0 Å². The molecule has 0 aromatic heterocycles. The van der Waals surface area contributed by atoms with E-state index in [9.17, 15) is 14.7 Å². The second-order valence-corrected chi connectivity index (χ2v) is 10.4. The molecule has 10 heteroatoms. The van der Waals surface area contributed by atoms with Crippen LogP contribution in [0.5, 0.6) is 11.5 Å². The lowest BCUT2D eigenvalue weighted by atomic mass is 10.1. The summed E-state index contributed by atoms with van der Waals surface area (Å²) in [6, 6.07) is 23.2. The van der Waals surface area contributed by atoms with E-state index in [0.29, 0.717) is 43.4 Å². The fourth-order valence-electron chi connectivity index (χ4n) is 4.84. The molecule has 214 valence electrons. The fourth-order valence-corrected chi connectivity index (χ4v) is 4.97. The highest BCUT2D eigenvalue weighted by atomic mass is 35.5. The van der Waals surface area contributed by atoms with Crippen LogP contribution in [0.1, 0.15) is 30.7 Å². The van der Waals surface area contributed by atoms with E-state index in [-0.39, 0.29) is 12.8 Å². The molecule has 2 unspecified atom stereocenters. The lowest BCUT2D eigenvalue weighted by Gasteiger charge is -2.38. The van der Waals surface area contributed by atoms with Crippen LogP contribution < -0.4 is 14.8 Å². The molecular weight excluding hydrogens is 546 g/mol. The Morgan fingerprint density at radius 3 is 2.41 bits per heavy atom. The van der Waals surface area contributed by atoms with Crippen molar-refractivity contribution in [3.8, 4) is 11.5 Å². The van der Waals surface area contributed by atoms with E-state index < -0.39 is 18.1 Å². The molecule has 3 aromatic carbocycles. The molecule has 2 atom stereocenters. The van der Waals surface area contributed by atoms with E-state index in [1.54, 1.807) is 24.3 Å². The number of ether oxygens (including phenoxy) is 3. The second-order valence-electron chi connectivity index (χ2n) is 9.92. The molecule has 1 amide bonds. The molecule has 0 bridgehead atoms. The normalized spacial score (nSPS) is 18.9. The second kappa shape index (κ2) is 13.0. The number of carboxylic acids is 1. The van der Waals surface area contributed by atoms with Gasteiger partial charge in [-0.15, -0.1) is 0 Å². The summed E-state index contributed by atoms with van der Waals surface area (Å²) in [5.41, 5.74) is 3.05. The zero-order valence-electron chi connectivity index (χ0n) is 22.7. The number of carbonyl (C=O) groups excluding carboxylic acids is 1. The number of aliphatic carboxylic acids is 1. The topological polar surface area (TPSA) is 101 Å². The standard InChI is InChI=1S/C31H32ClN3O6/c1-21-27(33-29(40-21)23-5-3-2-4-6-23)15-18-39-25-11-7-22(8-12-25)19-34-16-17-35(20-28(34)30(36)37)31(38)41-26-13-9-24(32)10-14-26/h2-14,28-29,33H,15-20H2,1H3,(H,36,37). The van der Waals surface area contributed by atoms with Crippen LogP contribution in [0.25, 0.3) is 0 Å². The van der Waals surface area contributed by atoms with Crippen LogP contribution in [-0.2, 0) is 16.1 Å². The zero-order valence-corrected chi connectivity index (χ0v) is 23.4. The number of hydrogen-bond acceptors (Lipinski definition) is 7. The maximum atomic E-state index is 12.6. The van der Waals surface area contributed by atoms with E-state index in [1.807, 2.05) is 66.4 Å². The number of piperazine rings is 1. The first kappa shape index (κ1) is 28.3. The number of carboxylic acid groups (broad SMARTS) is 1. The van der Waals surface area contributed by atoms with Crippen molar-refractivity contribution in [2.75, 3.05) is 26.2 Å². The zero-order chi connectivity index (χ0) is 28.8. The Bertz CT molecular complexity index is 1380. The summed E-state index contributed by atoms with van der Waals surface area (Å²) in [6.45, 7) is 3.66. The van der Waals surface area contributed by atoms with Gasteiger partial charge in [0.05, 0.1) is 18.8 Å². The Balaban J connectivity index is 1.09. The Kier molecular flexibility index (Phi) is 8.96. The molecule has 3 aromatic rings. The van der Waals surface area contributed by atoms with E-state index >= 15 is 0 Å². The van der Waals surface area contributed by atoms with Gasteiger partial charge in [-0.05, 0) is 48.9 Å². The lowest BCUT2D eigenvalue weighted by molar-refractivity contribution is -0.145. The summed E-state index contributed by atoms with van der Waals surface area (Å²) >= 11 is 5.88. The molecule has 0 spiro atoms. The summed E-state index contributed by atoms with van der Waals surface area (Å²) in [4.78, 5) is 28.0. The molecule has 2 heterocycles. The third-order valence-corrected chi connectivity index (χ3v) is 7.36. The van der Waals surface area contributed by atoms with Gasteiger partial charge in [0.2, 0.25) is 0 Å². The van der Waals surface area contributed by atoms with Gasteiger partial charge >= 0.3 is 12.1 Å². The molecule has 9 nitrogen and oxygen atoms in total. The number of amides is 1. The predicted molar refractivity (Wildman–Crippen MR) is 154 cm³/mol. The fraction of sp³-hybridized carbons (Fsp3) is 0.290. The summed E-state index contributed by atoms with van der Waals surface area (Å²) in [6.07, 6.45) is -0.0844. The SMILES string of the molecule is CC1=C(CCOc2ccc(CN3CCN(C(=O)Oc4ccc(Cl)cc4)CC3C(=O)O)cc2)NC(c2ccccc2)O1. The van der Waals surface area contributed by atoms with Crippen molar-refractivity contribution in [2.45, 2.75) is 32.2 Å². The lowest BCUT2D eigenvalue weighted by Crippen LogP contribution is -2.57. The van der Waals surface area contributed by atoms with Gasteiger partial charge in [-0.25, -0.2) is 4.79 Å². The number of allylic oxidation sites excluding steroid dienone is 1. The molecule has 2 N–H and O–H groups in total. The van der Waals surface area contributed by atoms with Crippen LogP contribution in [0.4, 0.5) is 4.79 Å². The van der Waals surface area contributed by atoms with Crippen molar-refractivity contribution >= 4 is 23.7 Å². The van der Waals surface area contributed by atoms with Gasteiger partial charge < -0.3 is 29.5 Å². The number of carbonyl (C=O) groups is 2. The maximum absolute atomic E-state index is 12.6. The summed E-state index contributed by atoms with van der Waals surface area (Å²) in [7, 11) is 0. The number of nitrogens with zero attached hydrogens (tertiary/aromatic N) is 2. The summed E-state index contributed by atoms with van der Waals surface area (Å²) in [5.74, 6) is 0.962. The van der Waals surface area contributed by atoms with Gasteiger partial charge in [0, 0.05) is 36.6 Å². The number of rotatable bonds is 9. The smallest absolute Gasteiger partial charge is 0.415 e. The van der Waals surface area contributed by atoms with Crippen LogP contribution >= 0.6 is 11.6 Å². The average molecular weight is 578 g/mol. The quantitative estimate of drug-likeness (QED) is 0.347. The molecule has 0 saturated carbocycles. The Morgan fingerprint density at radius 1 is 1.00 bits per heavy atom. The number of halogens is 1. The minimum Gasteiger partial charge on any atom is -0.493 e. The van der Waals surface area contributed by atoms with Crippen molar-refractivity contribution in [1.82, 2.24) is 15.1 Å². The van der Waals surface area contributed by atoms with Crippen LogP contribution in [0.3, 0.4) is 0 Å². The van der Waals surface area contributed by atoms with E-state index in [2.05, 4.69) is 5.32 Å². The third kappa shape index (κ3) is 7.31. The van der Waals surface area contributed by atoms with Crippen molar-refractivity contribution in [3.63, 3.8) is 0 Å². The maximum Gasteiger partial charge on any atom is 0.415 e. The third-order valence-electron chi connectivity index (χ3n) is 7.11. The van der Waals surface area contributed by atoms with Crippen LogP contribution in [-0.4, -0.2) is 59.3 Å². The van der Waals surface area contributed by atoms with Gasteiger partial charge in [0.1, 0.15) is 23.3 Å². The minimum absolute atomic E-state index is 0.0289. The largest absolute Gasteiger partial charge is 0.493 e. The first-order chi connectivity index (χ1) is 19.9. The molecule has 1 fully saturated rings. The highest BCUT2D eigenvalue weighted by Crippen LogP contribution is 2.28. The van der Waals surface area contributed by atoms with Gasteiger partial charge in [0.15, 0.2) is 6.23 Å². The average Bonchev–Trinajstić information content (AvgIpc) is 3.36. The molecule has 2 aliphatic heterocycles. The predicted octanol–water partition coefficient (Wildman–Crippen LogP) is 5.43. The Hall–Kier alpha value is -4.21. The first-order valence-electron chi connectivity index (χ1n) is 13.4. The molecule has 41 heavy (non-hydrogen) atoms. The molecule has 0 aliphatic carbocycles. The number of nitrogens with one attached hydrogen (secondary N) is 1. The summed E-state index contributed by atoms with van der Waals surface area (Å²) < 4.78 is 17.3. The number of benzene rings is 3. The highest BCUT2D eigenvalue weighted by Gasteiger charge is 2.35. The monoisotopic (exact) mass is 577 g/mol. The minimum atomic E-state index is -0.988. The molecule has 2 aliphatic rings.